The van der Waals surface area contributed by atoms with Crippen LogP contribution in [0.4, 0.5) is 0 Å². The Hall–Kier alpha value is -0.0800. The van der Waals surface area contributed by atoms with E-state index in [1.54, 1.807) is 0 Å². The quantitative estimate of drug-likeness (QED) is 0.818. The molecular weight excluding hydrogens is 208 g/mol. The predicted molar refractivity (Wildman–Crippen MR) is 76.0 cm³/mol. The van der Waals surface area contributed by atoms with Gasteiger partial charge in [-0.1, -0.05) is 34.6 Å². The van der Waals surface area contributed by atoms with Crippen LogP contribution in [-0.4, -0.2) is 30.1 Å². The maximum atomic E-state index is 6.07. The minimum Gasteiger partial charge on any atom is -0.329 e. The van der Waals surface area contributed by atoms with Crippen molar-refractivity contribution in [3.8, 4) is 0 Å². The lowest BCUT2D eigenvalue weighted by atomic mass is 9.62. The zero-order valence-electron chi connectivity index (χ0n) is 12.9. The summed E-state index contributed by atoms with van der Waals surface area (Å²) in [5, 5.41) is 0. The van der Waals surface area contributed by atoms with Gasteiger partial charge < -0.3 is 5.73 Å². The molecule has 1 rings (SSSR count). The van der Waals surface area contributed by atoms with Crippen molar-refractivity contribution in [1.29, 1.82) is 0 Å². The molecule has 17 heavy (non-hydrogen) atoms. The second kappa shape index (κ2) is 4.89. The summed E-state index contributed by atoms with van der Waals surface area (Å²) < 4.78 is 0. The molecule has 1 fully saturated rings. The first-order valence-corrected chi connectivity index (χ1v) is 7.07. The second-order valence-electron chi connectivity index (χ2n) is 7.49. The standard InChI is InChI=1S/C15H32N2/c1-11(2)13-8-15(9-13,10-16)17(7)12(3)14(4,5)6/h11-13H,8-10,16H2,1-7H3. The van der Waals surface area contributed by atoms with Crippen LogP contribution in [0.15, 0.2) is 0 Å². The molecule has 0 aliphatic heterocycles. The van der Waals surface area contributed by atoms with E-state index in [0.717, 1.165) is 18.4 Å². The summed E-state index contributed by atoms with van der Waals surface area (Å²) in [4.78, 5) is 2.55. The maximum absolute atomic E-state index is 6.07. The van der Waals surface area contributed by atoms with Crippen molar-refractivity contribution in [2.24, 2.45) is 23.0 Å². The van der Waals surface area contributed by atoms with Gasteiger partial charge in [0.25, 0.3) is 0 Å². The molecule has 0 saturated heterocycles. The highest BCUT2D eigenvalue weighted by atomic mass is 15.2. The van der Waals surface area contributed by atoms with Crippen LogP contribution in [0.2, 0.25) is 0 Å². The zero-order valence-corrected chi connectivity index (χ0v) is 12.9. The SMILES string of the molecule is CC(C)C1CC(CN)(N(C)C(C)C(C)(C)C)C1. The predicted octanol–water partition coefficient (Wildman–Crippen LogP) is 3.12. The molecule has 1 unspecified atom stereocenters. The number of nitrogens with two attached hydrogens (primary N) is 1. The third kappa shape index (κ3) is 2.85. The van der Waals surface area contributed by atoms with E-state index >= 15 is 0 Å². The molecule has 1 aliphatic rings. The first-order valence-electron chi connectivity index (χ1n) is 7.07. The fraction of sp³-hybridized carbons (Fsp3) is 1.00. The van der Waals surface area contributed by atoms with Crippen molar-refractivity contribution >= 4 is 0 Å². The lowest BCUT2D eigenvalue weighted by Crippen LogP contribution is -2.65. The lowest BCUT2D eigenvalue weighted by Gasteiger charge is -2.57. The van der Waals surface area contributed by atoms with E-state index in [9.17, 15) is 0 Å². The van der Waals surface area contributed by atoms with Crippen LogP contribution >= 0.6 is 0 Å². The molecule has 2 heteroatoms. The summed E-state index contributed by atoms with van der Waals surface area (Å²) in [6.45, 7) is 14.7. The number of likely N-dealkylation sites (N-methyl/N-ethyl adjacent to an activating group) is 1. The van der Waals surface area contributed by atoms with Crippen LogP contribution in [0.3, 0.4) is 0 Å². The van der Waals surface area contributed by atoms with E-state index in [0.29, 0.717) is 11.5 Å². The monoisotopic (exact) mass is 240 g/mol. The van der Waals surface area contributed by atoms with E-state index in [-0.39, 0.29) is 5.54 Å². The van der Waals surface area contributed by atoms with E-state index < -0.39 is 0 Å². The third-order valence-electron chi connectivity index (χ3n) is 5.19. The topological polar surface area (TPSA) is 29.3 Å². The molecule has 102 valence electrons. The van der Waals surface area contributed by atoms with Gasteiger partial charge >= 0.3 is 0 Å². The van der Waals surface area contributed by atoms with E-state index in [1.807, 2.05) is 0 Å². The first-order chi connectivity index (χ1) is 7.64. The van der Waals surface area contributed by atoms with Gasteiger partial charge in [0, 0.05) is 18.1 Å². The summed E-state index contributed by atoms with van der Waals surface area (Å²) >= 11 is 0. The number of rotatable bonds is 4. The highest BCUT2D eigenvalue weighted by Gasteiger charge is 2.49. The summed E-state index contributed by atoms with van der Waals surface area (Å²) in [7, 11) is 2.26. The molecule has 0 spiro atoms. The van der Waals surface area contributed by atoms with Crippen LogP contribution in [0.5, 0.6) is 0 Å². The molecule has 0 aromatic carbocycles. The Balaban J connectivity index is 2.70. The summed E-state index contributed by atoms with van der Waals surface area (Å²) in [5.74, 6) is 1.67. The Labute approximate surface area is 108 Å². The van der Waals surface area contributed by atoms with Gasteiger partial charge in [-0.25, -0.2) is 0 Å². The Morgan fingerprint density at radius 2 is 1.71 bits per heavy atom. The normalized spacial score (nSPS) is 31.8. The number of nitrogens with zero attached hydrogens (tertiary/aromatic N) is 1. The second-order valence-corrected chi connectivity index (χ2v) is 7.49. The average Bonchev–Trinajstić information content (AvgIpc) is 2.13. The van der Waals surface area contributed by atoms with Gasteiger partial charge in [0.15, 0.2) is 0 Å². The Bertz CT molecular complexity index is 246. The van der Waals surface area contributed by atoms with Crippen molar-refractivity contribution in [3.05, 3.63) is 0 Å². The molecule has 0 amide bonds. The molecule has 0 aromatic rings. The van der Waals surface area contributed by atoms with Gasteiger partial charge in [0.2, 0.25) is 0 Å². The summed E-state index contributed by atoms with van der Waals surface area (Å²) in [5.41, 5.74) is 6.66. The minimum absolute atomic E-state index is 0.266. The molecular formula is C15H32N2. The van der Waals surface area contributed by atoms with Gasteiger partial charge in [-0.15, -0.1) is 0 Å². The Morgan fingerprint density at radius 1 is 1.24 bits per heavy atom. The van der Waals surface area contributed by atoms with Crippen molar-refractivity contribution in [1.82, 2.24) is 4.90 Å². The van der Waals surface area contributed by atoms with Crippen LogP contribution in [0, 0.1) is 17.3 Å². The fourth-order valence-corrected chi connectivity index (χ4v) is 2.98. The van der Waals surface area contributed by atoms with Gasteiger partial charge in [0.1, 0.15) is 0 Å². The molecule has 1 aliphatic carbocycles. The molecule has 0 radical (unpaired) electrons. The lowest BCUT2D eigenvalue weighted by molar-refractivity contribution is -0.0621. The van der Waals surface area contributed by atoms with Gasteiger partial charge in [0.05, 0.1) is 0 Å². The molecule has 0 aromatic heterocycles. The maximum Gasteiger partial charge on any atom is 0.0337 e. The van der Waals surface area contributed by atoms with E-state index in [2.05, 4.69) is 53.5 Å². The van der Waals surface area contributed by atoms with Crippen LogP contribution in [0.25, 0.3) is 0 Å². The third-order valence-corrected chi connectivity index (χ3v) is 5.19. The van der Waals surface area contributed by atoms with Gasteiger partial charge in [-0.3, -0.25) is 4.90 Å². The number of hydrogen-bond donors (Lipinski definition) is 1. The number of hydrogen-bond acceptors (Lipinski definition) is 2. The first kappa shape index (κ1) is 15.0. The average molecular weight is 240 g/mol. The van der Waals surface area contributed by atoms with Crippen molar-refractivity contribution in [2.45, 2.75) is 66.0 Å². The Kier molecular flexibility index (Phi) is 4.31. The van der Waals surface area contributed by atoms with Crippen LogP contribution < -0.4 is 5.73 Å². The van der Waals surface area contributed by atoms with Crippen LogP contribution in [-0.2, 0) is 0 Å². The molecule has 1 atom stereocenters. The highest BCUT2D eigenvalue weighted by Crippen LogP contribution is 2.47. The van der Waals surface area contributed by atoms with Crippen molar-refractivity contribution in [3.63, 3.8) is 0 Å². The van der Waals surface area contributed by atoms with Gasteiger partial charge in [-0.2, -0.15) is 0 Å². The van der Waals surface area contributed by atoms with Crippen LogP contribution in [0.1, 0.15) is 54.4 Å². The smallest absolute Gasteiger partial charge is 0.0337 e. The summed E-state index contributed by atoms with van der Waals surface area (Å²) in [6, 6.07) is 0.569. The van der Waals surface area contributed by atoms with E-state index in [4.69, 9.17) is 5.73 Å². The fourth-order valence-electron chi connectivity index (χ4n) is 2.98. The molecule has 0 bridgehead atoms. The minimum atomic E-state index is 0.266. The molecule has 0 heterocycles. The van der Waals surface area contributed by atoms with Crippen molar-refractivity contribution < 1.29 is 0 Å². The largest absolute Gasteiger partial charge is 0.329 e. The molecule has 2 N–H and O–H groups in total. The zero-order chi connectivity index (χ0) is 13.4. The van der Waals surface area contributed by atoms with Gasteiger partial charge in [-0.05, 0) is 44.1 Å². The van der Waals surface area contributed by atoms with Crippen molar-refractivity contribution in [2.75, 3.05) is 13.6 Å². The highest BCUT2D eigenvalue weighted by molar-refractivity contribution is 5.05. The Morgan fingerprint density at radius 3 is 2.00 bits per heavy atom. The molecule has 1 saturated carbocycles. The molecule has 2 nitrogen and oxygen atoms in total. The summed E-state index contributed by atoms with van der Waals surface area (Å²) in [6.07, 6.45) is 2.55. The van der Waals surface area contributed by atoms with E-state index in [1.165, 1.54) is 12.8 Å².